The van der Waals surface area contributed by atoms with Crippen LogP contribution in [-0.4, -0.2) is 45.1 Å². The molecule has 10 nitrogen and oxygen atoms in total. The maximum atomic E-state index is 13.4. The number of esters is 1. The summed E-state index contributed by atoms with van der Waals surface area (Å²) in [5.41, 5.74) is 7.46. The molecule has 0 aliphatic carbocycles. The van der Waals surface area contributed by atoms with Gasteiger partial charge in [-0.25, -0.2) is 9.59 Å². The predicted octanol–water partition coefficient (Wildman–Crippen LogP) is 4.02. The third-order valence-corrected chi connectivity index (χ3v) is 6.00. The van der Waals surface area contributed by atoms with Crippen molar-refractivity contribution in [3.63, 3.8) is 0 Å². The number of carbonyl (C=O) groups is 3. The lowest BCUT2D eigenvalue weighted by Crippen LogP contribution is -2.33. The molecule has 4 aromatic carbocycles. The summed E-state index contributed by atoms with van der Waals surface area (Å²) < 4.78 is 6.87. The maximum Gasteiger partial charge on any atom is 0.350 e. The molecule has 0 aliphatic heterocycles. The highest BCUT2D eigenvalue weighted by molar-refractivity contribution is 6.08. The number of para-hydroxylation sites is 1. The van der Waals surface area contributed by atoms with Gasteiger partial charge >= 0.3 is 12.0 Å². The van der Waals surface area contributed by atoms with Crippen LogP contribution in [0.25, 0.3) is 21.8 Å². The number of phenols is 1. The Hall–Kier alpha value is -5.25. The molecule has 0 aliphatic rings. The van der Waals surface area contributed by atoms with Crippen LogP contribution in [0.5, 0.6) is 11.5 Å². The molecule has 37 heavy (non-hydrogen) atoms. The van der Waals surface area contributed by atoms with Gasteiger partial charge in [-0.15, -0.1) is 5.10 Å². The number of rotatable bonds is 4. The molecule has 5 aromatic rings. The Balaban J connectivity index is 1.55. The number of anilines is 1. The van der Waals surface area contributed by atoms with E-state index in [2.05, 4.69) is 10.3 Å². The van der Waals surface area contributed by atoms with E-state index in [-0.39, 0.29) is 28.3 Å². The van der Waals surface area contributed by atoms with Crippen molar-refractivity contribution in [1.82, 2.24) is 15.0 Å². The van der Waals surface area contributed by atoms with Gasteiger partial charge in [0.15, 0.2) is 0 Å². The van der Waals surface area contributed by atoms with Crippen LogP contribution >= 0.6 is 0 Å². The first kappa shape index (κ1) is 23.5. The molecule has 0 radical (unpaired) electrons. The Bertz CT molecular complexity index is 1730. The van der Waals surface area contributed by atoms with Gasteiger partial charge in [0.1, 0.15) is 17.0 Å². The summed E-state index contributed by atoms with van der Waals surface area (Å²) in [6.07, 6.45) is 0. The third-order valence-electron chi connectivity index (χ3n) is 6.00. The van der Waals surface area contributed by atoms with Gasteiger partial charge in [-0.2, -0.15) is 4.68 Å². The van der Waals surface area contributed by atoms with Gasteiger partial charge < -0.3 is 15.6 Å². The number of aromatic hydroxyl groups is 1. The van der Waals surface area contributed by atoms with E-state index in [4.69, 9.17) is 10.5 Å². The Morgan fingerprint density at radius 1 is 0.946 bits per heavy atom. The quantitative estimate of drug-likeness (QED) is 0.283. The van der Waals surface area contributed by atoms with Crippen molar-refractivity contribution < 1.29 is 24.2 Å². The number of amides is 2. The topological polar surface area (TPSA) is 141 Å². The Morgan fingerprint density at radius 3 is 2.41 bits per heavy atom. The van der Waals surface area contributed by atoms with Crippen molar-refractivity contribution in [2.45, 2.75) is 6.92 Å². The van der Waals surface area contributed by atoms with Crippen LogP contribution in [0.3, 0.4) is 0 Å². The first-order valence-corrected chi connectivity index (χ1v) is 11.2. The molecule has 0 atom stereocenters. The van der Waals surface area contributed by atoms with E-state index in [1.54, 1.807) is 73.7 Å². The molecule has 2 amide bonds. The molecule has 10 heteroatoms. The highest BCUT2D eigenvalue weighted by Gasteiger charge is 2.25. The molecule has 5 rings (SSSR count). The number of fused-ring (bicyclic) bond motifs is 2. The summed E-state index contributed by atoms with van der Waals surface area (Å²) in [5.74, 6) is -1.91. The molecule has 1 aromatic heterocycles. The van der Waals surface area contributed by atoms with Crippen molar-refractivity contribution >= 4 is 45.4 Å². The summed E-state index contributed by atoms with van der Waals surface area (Å²) in [6.45, 7) is 1.80. The van der Waals surface area contributed by atoms with Crippen LogP contribution in [0.1, 0.15) is 26.3 Å². The van der Waals surface area contributed by atoms with Crippen molar-refractivity contribution in [3.8, 4) is 11.5 Å². The van der Waals surface area contributed by atoms with E-state index in [0.29, 0.717) is 21.8 Å². The number of nitrogens with two attached hydrogens (primary N) is 1. The average molecular weight is 495 g/mol. The number of aromatic nitrogens is 3. The molecular formula is C27H21N5O5. The van der Waals surface area contributed by atoms with Crippen LogP contribution in [0.2, 0.25) is 0 Å². The van der Waals surface area contributed by atoms with Gasteiger partial charge in [0.2, 0.25) is 0 Å². The van der Waals surface area contributed by atoms with Gasteiger partial charge in [0, 0.05) is 17.8 Å². The first-order valence-electron chi connectivity index (χ1n) is 11.2. The van der Waals surface area contributed by atoms with E-state index < -0.39 is 17.9 Å². The number of nitrogens with zero attached hydrogens (tertiary/aromatic N) is 4. The average Bonchev–Trinajstić information content (AvgIpc) is 3.33. The summed E-state index contributed by atoms with van der Waals surface area (Å²) in [6, 6.07) is 19.3. The number of carbonyl (C=O) groups excluding carboxylic acids is 3. The van der Waals surface area contributed by atoms with E-state index in [1.807, 2.05) is 0 Å². The Kier molecular flexibility index (Phi) is 5.76. The predicted molar refractivity (Wildman–Crippen MR) is 137 cm³/mol. The van der Waals surface area contributed by atoms with Crippen LogP contribution in [0, 0.1) is 6.92 Å². The lowest BCUT2D eigenvalue weighted by atomic mass is 10.0. The second kappa shape index (κ2) is 9.08. The SMILES string of the molecule is Cc1ccc(N(C)C(=O)n2nnc3ccccc32)c(C(=O)Oc2cc(C(N)=O)c(O)c3ccccc23)c1. The van der Waals surface area contributed by atoms with E-state index in [0.717, 1.165) is 10.2 Å². The van der Waals surface area contributed by atoms with Gasteiger partial charge in [-0.1, -0.05) is 53.2 Å². The standard InChI is InChI=1S/C27H21N5O5/c1-15-11-12-21(31(2)27(36)32-22-10-6-5-9-20(22)29-30-32)18(13-15)26(35)37-23-14-19(25(28)34)24(33)17-8-4-3-7-16(17)23/h3-14,33H,1-2H3,(H2,28,34). The summed E-state index contributed by atoms with van der Waals surface area (Å²) in [4.78, 5) is 40.0. The zero-order valence-electron chi connectivity index (χ0n) is 19.9. The largest absolute Gasteiger partial charge is 0.506 e. The van der Waals surface area contributed by atoms with Crippen LogP contribution in [0.4, 0.5) is 10.5 Å². The van der Waals surface area contributed by atoms with E-state index in [1.165, 1.54) is 18.0 Å². The van der Waals surface area contributed by atoms with Gasteiger partial charge in [-0.3, -0.25) is 9.69 Å². The molecule has 0 bridgehead atoms. The third kappa shape index (κ3) is 4.10. The summed E-state index contributed by atoms with van der Waals surface area (Å²) in [5, 5.41) is 19.2. The lowest BCUT2D eigenvalue weighted by Gasteiger charge is -2.20. The minimum absolute atomic E-state index is 0.0379. The molecule has 0 fully saturated rings. The maximum absolute atomic E-state index is 13.4. The molecule has 0 saturated carbocycles. The monoisotopic (exact) mass is 495 g/mol. The molecule has 0 unspecified atom stereocenters. The number of aryl methyl sites for hydroxylation is 1. The molecular weight excluding hydrogens is 474 g/mol. The highest BCUT2D eigenvalue weighted by Crippen LogP contribution is 2.36. The minimum Gasteiger partial charge on any atom is -0.506 e. The molecule has 0 saturated heterocycles. The fraction of sp³-hybridized carbons (Fsp3) is 0.0741. The van der Waals surface area contributed by atoms with Crippen molar-refractivity contribution in [2.24, 2.45) is 5.73 Å². The van der Waals surface area contributed by atoms with Crippen molar-refractivity contribution in [3.05, 3.63) is 89.5 Å². The molecule has 3 N–H and O–H groups in total. The van der Waals surface area contributed by atoms with Crippen LogP contribution in [0.15, 0.2) is 72.8 Å². The second-order valence-electron chi connectivity index (χ2n) is 8.42. The minimum atomic E-state index is -0.873. The normalized spacial score (nSPS) is 11.0. The van der Waals surface area contributed by atoms with Crippen molar-refractivity contribution in [1.29, 1.82) is 0 Å². The smallest absolute Gasteiger partial charge is 0.350 e. The van der Waals surface area contributed by atoms with Crippen LogP contribution in [-0.2, 0) is 0 Å². The number of hydrogen-bond donors (Lipinski definition) is 2. The zero-order chi connectivity index (χ0) is 26.3. The van der Waals surface area contributed by atoms with Crippen molar-refractivity contribution in [2.75, 3.05) is 11.9 Å². The highest BCUT2D eigenvalue weighted by atomic mass is 16.5. The lowest BCUT2D eigenvalue weighted by molar-refractivity contribution is 0.0736. The summed E-state index contributed by atoms with van der Waals surface area (Å²) in [7, 11) is 1.52. The Labute approximate surface area is 210 Å². The Morgan fingerprint density at radius 2 is 1.65 bits per heavy atom. The first-order chi connectivity index (χ1) is 17.8. The fourth-order valence-electron chi connectivity index (χ4n) is 4.12. The van der Waals surface area contributed by atoms with Crippen LogP contribution < -0.4 is 15.4 Å². The molecule has 184 valence electrons. The van der Waals surface area contributed by atoms with E-state index in [9.17, 15) is 19.5 Å². The molecule has 0 spiro atoms. The van der Waals surface area contributed by atoms with E-state index >= 15 is 0 Å². The van der Waals surface area contributed by atoms with Gasteiger partial charge in [0.05, 0.1) is 22.3 Å². The fourth-order valence-corrected chi connectivity index (χ4v) is 4.12. The summed E-state index contributed by atoms with van der Waals surface area (Å²) >= 11 is 0. The zero-order valence-corrected chi connectivity index (χ0v) is 19.9. The number of primary amides is 1. The van der Waals surface area contributed by atoms with Gasteiger partial charge in [-0.05, 0) is 37.3 Å². The number of hydrogen-bond acceptors (Lipinski definition) is 7. The number of ether oxygens (including phenoxy) is 1. The molecule has 1 heterocycles. The van der Waals surface area contributed by atoms with Gasteiger partial charge in [0.25, 0.3) is 5.91 Å². The number of benzene rings is 4. The second-order valence-corrected chi connectivity index (χ2v) is 8.42.